The molecule has 0 aliphatic carbocycles. The normalized spacial score (nSPS) is 11.0. The molecule has 20 heavy (non-hydrogen) atoms. The fourth-order valence-electron chi connectivity index (χ4n) is 2.03. The van der Waals surface area contributed by atoms with Gasteiger partial charge in [-0.3, -0.25) is 9.59 Å². The Hall–Kier alpha value is -2.14. The number of H-pyrrole nitrogens is 1. The summed E-state index contributed by atoms with van der Waals surface area (Å²) < 4.78 is 5.22. The summed E-state index contributed by atoms with van der Waals surface area (Å²) in [5.41, 5.74) is 0.904. The third-order valence-electron chi connectivity index (χ3n) is 3.05. The predicted octanol–water partition coefficient (Wildman–Crippen LogP) is 1.72. The maximum atomic E-state index is 12.3. The second-order valence-corrected chi connectivity index (χ2v) is 4.89. The molecule has 0 aliphatic rings. The number of ether oxygens (including phenoxy) is 1. The number of fused-ring (bicyclic) bond motifs is 1. The highest BCUT2D eigenvalue weighted by Crippen LogP contribution is 2.25. The number of Topliss-reactive ketones (excluding diaryl/α,β-unsaturated/α-hetero) is 1. The van der Waals surface area contributed by atoms with E-state index in [9.17, 15) is 9.59 Å². The Morgan fingerprint density at radius 2 is 2.05 bits per heavy atom. The van der Waals surface area contributed by atoms with Gasteiger partial charge in [0.1, 0.15) is 5.75 Å². The first-order chi connectivity index (χ1) is 9.52. The first-order valence-corrected chi connectivity index (χ1v) is 6.49. The number of ketones is 1. The van der Waals surface area contributed by atoms with Crippen molar-refractivity contribution in [2.75, 3.05) is 13.7 Å². The van der Waals surface area contributed by atoms with Crippen LogP contribution in [-0.2, 0) is 0 Å². The van der Waals surface area contributed by atoms with Crippen molar-refractivity contribution >= 4 is 16.7 Å². The van der Waals surface area contributed by atoms with Crippen molar-refractivity contribution in [3.63, 3.8) is 0 Å². The van der Waals surface area contributed by atoms with Crippen LogP contribution in [0.5, 0.6) is 5.75 Å². The molecule has 2 aromatic rings. The number of hydrogen-bond donors (Lipinski definition) is 2. The molecular weight excluding hydrogens is 256 g/mol. The molecule has 0 saturated heterocycles. The number of aromatic amines is 1. The molecule has 0 radical (unpaired) electrons. The molecule has 0 bridgehead atoms. The zero-order valence-electron chi connectivity index (χ0n) is 11.8. The highest BCUT2D eigenvalue weighted by atomic mass is 16.5. The number of aromatic nitrogens is 1. The van der Waals surface area contributed by atoms with Gasteiger partial charge in [-0.15, -0.1) is 0 Å². The standard InChI is InChI=1S/C15H18N2O3/c1-9(2)16-8-12(18)10-4-6-13(20-3)15-11(10)5-7-14(19)17-15/h4-7,9,16H,8H2,1-3H3,(H,17,19). The lowest BCUT2D eigenvalue weighted by Crippen LogP contribution is -2.29. The molecule has 2 N–H and O–H groups in total. The van der Waals surface area contributed by atoms with Crippen molar-refractivity contribution in [2.24, 2.45) is 0 Å². The molecule has 0 spiro atoms. The van der Waals surface area contributed by atoms with Gasteiger partial charge in [0, 0.05) is 23.1 Å². The zero-order chi connectivity index (χ0) is 14.7. The minimum absolute atomic E-state index is 0.0154. The van der Waals surface area contributed by atoms with Gasteiger partial charge in [-0.2, -0.15) is 0 Å². The van der Waals surface area contributed by atoms with E-state index in [4.69, 9.17) is 4.74 Å². The topological polar surface area (TPSA) is 71.2 Å². The van der Waals surface area contributed by atoms with Crippen LogP contribution in [0.15, 0.2) is 29.1 Å². The number of hydrogen-bond acceptors (Lipinski definition) is 4. The fourth-order valence-corrected chi connectivity index (χ4v) is 2.03. The van der Waals surface area contributed by atoms with Crippen LogP contribution in [0.1, 0.15) is 24.2 Å². The van der Waals surface area contributed by atoms with E-state index >= 15 is 0 Å². The van der Waals surface area contributed by atoms with Crippen LogP contribution in [0.25, 0.3) is 10.9 Å². The summed E-state index contributed by atoms with van der Waals surface area (Å²) >= 11 is 0. The van der Waals surface area contributed by atoms with E-state index in [0.717, 1.165) is 0 Å². The van der Waals surface area contributed by atoms with E-state index in [0.29, 0.717) is 22.2 Å². The highest BCUT2D eigenvalue weighted by Gasteiger charge is 2.13. The van der Waals surface area contributed by atoms with E-state index in [1.165, 1.54) is 13.2 Å². The van der Waals surface area contributed by atoms with Crippen LogP contribution in [-0.4, -0.2) is 30.5 Å². The van der Waals surface area contributed by atoms with Crippen LogP contribution in [0.4, 0.5) is 0 Å². The molecule has 2 rings (SSSR count). The van der Waals surface area contributed by atoms with E-state index < -0.39 is 0 Å². The summed E-state index contributed by atoms with van der Waals surface area (Å²) in [5, 5.41) is 3.79. The largest absolute Gasteiger partial charge is 0.495 e. The van der Waals surface area contributed by atoms with E-state index in [1.807, 2.05) is 13.8 Å². The Labute approximate surface area is 117 Å². The molecule has 1 aromatic heterocycles. The SMILES string of the molecule is COc1ccc(C(=O)CNC(C)C)c2ccc(=O)[nH]c12. The second kappa shape index (κ2) is 5.88. The van der Waals surface area contributed by atoms with Crippen molar-refractivity contribution in [3.8, 4) is 5.75 Å². The van der Waals surface area contributed by atoms with Gasteiger partial charge in [-0.05, 0) is 18.2 Å². The second-order valence-electron chi connectivity index (χ2n) is 4.89. The number of carbonyl (C=O) groups excluding carboxylic acids is 1. The van der Waals surface area contributed by atoms with E-state index in [-0.39, 0.29) is 23.9 Å². The lowest BCUT2D eigenvalue weighted by molar-refractivity contribution is 0.0990. The molecule has 0 aliphatic heterocycles. The third-order valence-corrected chi connectivity index (χ3v) is 3.05. The molecule has 0 unspecified atom stereocenters. The Bertz CT molecular complexity index is 689. The number of carbonyl (C=O) groups is 1. The molecule has 0 saturated carbocycles. The molecule has 5 nitrogen and oxygen atoms in total. The molecule has 5 heteroatoms. The molecule has 1 heterocycles. The van der Waals surface area contributed by atoms with Crippen LogP contribution < -0.4 is 15.6 Å². The zero-order valence-corrected chi connectivity index (χ0v) is 11.8. The Kier molecular flexibility index (Phi) is 4.20. The number of benzene rings is 1. The number of methoxy groups -OCH3 is 1. The number of nitrogens with one attached hydrogen (secondary N) is 2. The first kappa shape index (κ1) is 14.3. The van der Waals surface area contributed by atoms with E-state index in [1.54, 1.807) is 18.2 Å². The summed E-state index contributed by atoms with van der Waals surface area (Å²) in [7, 11) is 1.53. The van der Waals surface area contributed by atoms with Gasteiger partial charge in [-0.1, -0.05) is 13.8 Å². The van der Waals surface area contributed by atoms with Crippen molar-refractivity contribution < 1.29 is 9.53 Å². The number of pyridine rings is 1. The highest BCUT2D eigenvalue weighted by molar-refractivity contribution is 6.09. The van der Waals surface area contributed by atoms with Crippen LogP contribution in [0, 0.1) is 0 Å². The maximum absolute atomic E-state index is 12.3. The Morgan fingerprint density at radius 3 is 2.70 bits per heavy atom. The summed E-state index contributed by atoms with van der Waals surface area (Å²) in [6, 6.07) is 6.72. The van der Waals surface area contributed by atoms with Gasteiger partial charge >= 0.3 is 0 Å². The van der Waals surface area contributed by atoms with Crippen LogP contribution >= 0.6 is 0 Å². The smallest absolute Gasteiger partial charge is 0.248 e. The molecule has 0 atom stereocenters. The summed E-state index contributed by atoms with van der Waals surface area (Å²) in [6.07, 6.45) is 0. The van der Waals surface area contributed by atoms with Crippen molar-refractivity contribution in [1.29, 1.82) is 0 Å². The van der Waals surface area contributed by atoms with Gasteiger partial charge in [0.05, 0.1) is 19.2 Å². The molecular formula is C15H18N2O3. The van der Waals surface area contributed by atoms with Crippen molar-refractivity contribution in [3.05, 3.63) is 40.2 Å². The fraction of sp³-hybridized carbons (Fsp3) is 0.333. The average molecular weight is 274 g/mol. The summed E-state index contributed by atoms with van der Waals surface area (Å²) in [5.74, 6) is 0.532. The lowest BCUT2D eigenvalue weighted by atomic mass is 10.0. The van der Waals surface area contributed by atoms with Crippen molar-refractivity contribution in [2.45, 2.75) is 19.9 Å². The quantitative estimate of drug-likeness (QED) is 0.814. The Morgan fingerprint density at radius 1 is 1.30 bits per heavy atom. The number of rotatable bonds is 5. The molecule has 0 amide bonds. The lowest BCUT2D eigenvalue weighted by Gasteiger charge is -2.11. The predicted molar refractivity (Wildman–Crippen MR) is 78.6 cm³/mol. The third kappa shape index (κ3) is 2.88. The van der Waals surface area contributed by atoms with Gasteiger partial charge in [-0.25, -0.2) is 0 Å². The van der Waals surface area contributed by atoms with Gasteiger partial charge in [0.25, 0.3) is 0 Å². The van der Waals surface area contributed by atoms with Gasteiger partial charge in [0.2, 0.25) is 5.56 Å². The summed E-state index contributed by atoms with van der Waals surface area (Å²) in [4.78, 5) is 26.4. The van der Waals surface area contributed by atoms with E-state index in [2.05, 4.69) is 10.3 Å². The minimum atomic E-state index is -0.222. The monoisotopic (exact) mass is 274 g/mol. The van der Waals surface area contributed by atoms with Gasteiger partial charge in [0.15, 0.2) is 5.78 Å². The average Bonchev–Trinajstić information content (AvgIpc) is 2.43. The Balaban J connectivity index is 2.50. The van der Waals surface area contributed by atoms with Crippen molar-refractivity contribution in [1.82, 2.24) is 10.3 Å². The minimum Gasteiger partial charge on any atom is -0.495 e. The molecule has 0 fully saturated rings. The maximum Gasteiger partial charge on any atom is 0.248 e. The van der Waals surface area contributed by atoms with Crippen LogP contribution in [0.2, 0.25) is 0 Å². The first-order valence-electron chi connectivity index (χ1n) is 6.49. The molecule has 1 aromatic carbocycles. The molecule has 106 valence electrons. The van der Waals surface area contributed by atoms with Gasteiger partial charge < -0.3 is 15.0 Å². The summed E-state index contributed by atoms with van der Waals surface area (Å²) in [6.45, 7) is 4.23. The van der Waals surface area contributed by atoms with Crippen LogP contribution in [0.3, 0.4) is 0 Å².